The van der Waals surface area contributed by atoms with Crippen LogP contribution in [0.25, 0.3) is 12.2 Å². The summed E-state index contributed by atoms with van der Waals surface area (Å²) >= 11 is 24.4. The number of allylic oxidation sites excluding steroid dienone is 2. The number of likely N-dealkylation sites (tertiary alicyclic amines) is 1. The average Bonchev–Trinajstić information content (AvgIpc) is 3.45. The van der Waals surface area contributed by atoms with Crippen LogP contribution in [0.2, 0.25) is 5.02 Å². The maximum Gasteiger partial charge on any atom is 0.254 e. The molecule has 13 heteroatoms. The van der Waals surface area contributed by atoms with Gasteiger partial charge in [0.15, 0.2) is 9.75 Å². The molecule has 3 aromatic rings. The second kappa shape index (κ2) is 12.7. The van der Waals surface area contributed by atoms with Gasteiger partial charge in [-0.3, -0.25) is 29.0 Å². The van der Waals surface area contributed by atoms with E-state index in [0.29, 0.717) is 28.3 Å². The molecule has 3 fully saturated rings. The van der Waals surface area contributed by atoms with Crippen molar-refractivity contribution in [3.63, 3.8) is 0 Å². The van der Waals surface area contributed by atoms with Gasteiger partial charge in [0.25, 0.3) is 11.8 Å². The van der Waals surface area contributed by atoms with Gasteiger partial charge in [0.2, 0.25) is 11.8 Å². The fraction of sp³-hybridized carbons (Fsp3) is 0.297. The van der Waals surface area contributed by atoms with Gasteiger partial charge >= 0.3 is 0 Å². The molecule has 9 nitrogen and oxygen atoms in total. The normalized spacial score (nSPS) is 28.9. The van der Waals surface area contributed by atoms with Crippen molar-refractivity contribution >= 4 is 92.2 Å². The molecule has 4 amide bonds. The molecule has 1 saturated carbocycles. The van der Waals surface area contributed by atoms with Gasteiger partial charge in [-0.25, -0.2) is 0 Å². The monoisotopic (exact) mass is 798 g/mol. The van der Waals surface area contributed by atoms with Crippen molar-refractivity contribution in [2.75, 3.05) is 24.6 Å². The van der Waals surface area contributed by atoms with Gasteiger partial charge in [0, 0.05) is 16.5 Å². The first-order valence-corrected chi connectivity index (χ1v) is 18.0. The van der Waals surface area contributed by atoms with Crippen molar-refractivity contribution in [2.45, 2.75) is 28.5 Å². The number of imide groups is 2. The summed E-state index contributed by atoms with van der Waals surface area (Å²) in [5.41, 5.74) is 2.89. The summed E-state index contributed by atoms with van der Waals surface area (Å²) in [5.74, 6) is -4.22. The van der Waals surface area contributed by atoms with Crippen LogP contribution in [0.1, 0.15) is 35.4 Å². The van der Waals surface area contributed by atoms with Crippen LogP contribution in [0.3, 0.4) is 0 Å². The molecular formula is C37H30BrCl3N2O7. The first-order valence-electron chi connectivity index (χ1n) is 15.8. The number of anilines is 1. The molecule has 50 heavy (non-hydrogen) atoms. The maximum absolute atomic E-state index is 14.4. The Morgan fingerprint density at radius 2 is 1.66 bits per heavy atom. The molecule has 0 aromatic heterocycles. The van der Waals surface area contributed by atoms with E-state index >= 15 is 0 Å². The number of aromatic hydroxyl groups is 1. The van der Waals surface area contributed by atoms with E-state index in [4.69, 9.17) is 44.3 Å². The lowest BCUT2D eigenvalue weighted by molar-refractivity contribution is -0.138. The van der Waals surface area contributed by atoms with E-state index in [2.05, 4.69) is 15.9 Å². The van der Waals surface area contributed by atoms with Crippen molar-refractivity contribution in [3.8, 4) is 17.2 Å². The van der Waals surface area contributed by atoms with Crippen LogP contribution in [-0.4, -0.2) is 63.1 Å². The minimum Gasteiger partial charge on any atom is -0.508 e. The largest absolute Gasteiger partial charge is 0.508 e. The number of carbonyl (C=O) groups is 4. The van der Waals surface area contributed by atoms with Gasteiger partial charge < -0.3 is 14.6 Å². The number of alkyl halides is 3. The van der Waals surface area contributed by atoms with Crippen LogP contribution >= 0.6 is 50.7 Å². The molecule has 258 valence electrons. The number of carbonyl (C=O) groups excluding carboxylic acids is 4. The molecule has 0 bridgehead atoms. The summed E-state index contributed by atoms with van der Waals surface area (Å²) in [6.45, 7) is 0. The van der Waals surface area contributed by atoms with E-state index < -0.39 is 51.1 Å². The zero-order valence-corrected chi connectivity index (χ0v) is 30.6. The standard InChI is InChI=1S/C37H30BrCl3N2O7/c1-49-23-10-14-29(50-2)20(15-23)6-3-19-4-7-21(8-5-19)43-32(45)26-13-12-24-27(30(26)33(43)46)17-36(40)34(47)42(18-38)35(48)37(36,41)31(24)25-11-9-22(44)16-28(25)39/h3-12,14-16,26-27,30-31,44H,13,17-18H2,1-2H3/t26-,27+,30-,31+,36+,37-/m0/s1. The summed E-state index contributed by atoms with van der Waals surface area (Å²) in [5, 5.41) is 10.2. The molecule has 0 radical (unpaired) electrons. The molecule has 4 aliphatic rings. The quantitative estimate of drug-likeness (QED) is 0.0889. The second-order valence-corrected chi connectivity index (χ2v) is 14.9. The van der Waals surface area contributed by atoms with Gasteiger partial charge in [-0.1, -0.05) is 69.5 Å². The Morgan fingerprint density at radius 1 is 0.920 bits per heavy atom. The Balaban J connectivity index is 1.23. The Bertz CT molecular complexity index is 2020. The van der Waals surface area contributed by atoms with Crippen LogP contribution in [0.15, 0.2) is 72.3 Å². The second-order valence-electron chi connectivity index (χ2n) is 12.7. The molecule has 0 unspecified atom stereocenters. The molecule has 2 heterocycles. The highest BCUT2D eigenvalue weighted by Crippen LogP contribution is 2.66. The topological polar surface area (TPSA) is 113 Å². The third kappa shape index (κ3) is 5.01. The van der Waals surface area contributed by atoms with Gasteiger partial charge in [0.05, 0.1) is 37.2 Å². The molecule has 7 rings (SSSR count). The number of ether oxygens (including phenoxy) is 2. The molecule has 2 aliphatic heterocycles. The van der Waals surface area contributed by atoms with Crippen molar-refractivity contribution in [1.82, 2.24) is 4.90 Å². The number of nitrogens with zero attached hydrogens (tertiary/aromatic N) is 2. The lowest BCUT2D eigenvalue weighted by Gasteiger charge is -2.51. The highest BCUT2D eigenvalue weighted by molar-refractivity contribution is 9.09. The van der Waals surface area contributed by atoms with E-state index in [9.17, 15) is 24.3 Å². The lowest BCUT2D eigenvalue weighted by atomic mass is 9.56. The van der Waals surface area contributed by atoms with Crippen molar-refractivity contribution < 1.29 is 33.8 Å². The number of amides is 4. The van der Waals surface area contributed by atoms with Gasteiger partial charge in [-0.05, 0) is 72.4 Å². The van der Waals surface area contributed by atoms with Crippen molar-refractivity contribution in [3.05, 3.63) is 94.0 Å². The van der Waals surface area contributed by atoms with Crippen molar-refractivity contribution in [1.29, 1.82) is 0 Å². The summed E-state index contributed by atoms with van der Waals surface area (Å²) in [7, 11) is 3.18. The van der Waals surface area contributed by atoms with Crippen LogP contribution in [-0.2, 0) is 19.2 Å². The molecule has 2 saturated heterocycles. The number of hydrogen-bond donors (Lipinski definition) is 1. The zero-order chi connectivity index (χ0) is 35.7. The number of methoxy groups -OCH3 is 2. The first-order chi connectivity index (χ1) is 23.9. The molecule has 2 aliphatic carbocycles. The van der Waals surface area contributed by atoms with E-state index in [1.807, 2.05) is 36.4 Å². The fourth-order valence-corrected chi connectivity index (χ4v) is 9.69. The third-order valence-electron chi connectivity index (χ3n) is 10.4. The number of fused-ring (bicyclic) bond motifs is 4. The number of halogens is 4. The molecule has 3 aromatic carbocycles. The zero-order valence-electron chi connectivity index (χ0n) is 26.7. The predicted molar refractivity (Wildman–Crippen MR) is 194 cm³/mol. The fourth-order valence-electron chi connectivity index (χ4n) is 7.99. The van der Waals surface area contributed by atoms with E-state index in [1.165, 1.54) is 17.0 Å². The van der Waals surface area contributed by atoms with Crippen LogP contribution in [0.5, 0.6) is 17.2 Å². The highest BCUT2D eigenvalue weighted by atomic mass is 79.9. The number of rotatable bonds is 7. The minimum absolute atomic E-state index is 0.103. The molecule has 0 spiro atoms. The first kappa shape index (κ1) is 34.6. The van der Waals surface area contributed by atoms with Gasteiger partial charge in [-0.2, -0.15) is 0 Å². The number of benzene rings is 3. The van der Waals surface area contributed by atoms with E-state index in [0.717, 1.165) is 16.0 Å². The molecule has 1 N–H and O–H groups in total. The smallest absolute Gasteiger partial charge is 0.254 e. The van der Waals surface area contributed by atoms with E-state index in [1.54, 1.807) is 44.6 Å². The Hall–Kier alpha value is -3.83. The minimum atomic E-state index is -1.99. The Labute approximate surface area is 311 Å². The number of phenols is 1. The molecular weight excluding hydrogens is 771 g/mol. The maximum atomic E-state index is 14.4. The SMILES string of the molecule is COc1ccc(OC)c(C=Cc2ccc(N3C(=O)[C@H]4[C@H](CC=C5[C@H]4C[C@@]4(Cl)C(=O)N(CBr)C(=O)[C@@]4(Cl)[C@H]5c4ccc(O)cc4Cl)C3=O)cc2)c1. The van der Waals surface area contributed by atoms with Crippen molar-refractivity contribution in [2.24, 2.45) is 17.8 Å². The van der Waals surface area contributed by atoms with E-state index in [-0.39, 0.29) is 35.0 Å². The average molecular weight is 801 g/mol. The van der Waals surface area contributed by atoms with Crippen LogP contribution in [0, 0.1) is 17.8 Å². The van der Waals surface area contributed by atoms with Crippen LogP contribution < -0.4 is 14.4 Å². The summed E-state index contributed by atoms with van der Waals surface area (Å²) < 4.78 is 10.8. The van der Waals surface area contributed by atoms with Crippen LogP contribution in [0.4, 0.5) is 5.69 Å². The third-order valence-corrected chi connectivity index (χ3v) is 12.6. The summed E-state index contributed by atoms with van der Waals surface area (Å²) in [6, 6.07) is 16.8. The Morgan fingerprint density at radius 3 is 2.32 bits per heavy atom. The van der Waals surface area contributed by atoms with Gasteiger partial charge in [0.1, 0.15) is 17.2 Å². The highest BCUT2D eigenvalue weighted by Gasteiger charge is 2.76. The predicted octanol–water partition coefficient (Wildman–Crippen LogP) is 7.15. The number of hydrogen-bond acceptors (Lipinski definition) is 7. The number of phenolic OH excluding ortho intramolecular Hbond substituents is 1. The van der Waals surface area contributed by atoms with Gasteiger partial charge in [-0.15, -0.1) is 23.2 Å². The lowest BCUT2D eigenvalue weighted by Crippen LogP contribution is -2.60. The Kier molecular flexibility index (Phi) is 8.82. The summed E-state index contributed by atoms with van der Waals surface area (Å²) in [6.07, 6.45) is 5.67. The molecule has 6 atom stereocenters. The summed E-state index contributed by atoms with van der Waals surface area (Å²) in [4.78, 5) is 54.3.